The Labute approximate surface area is 90.7 Å². The summed E-state index contributed by atoms with van der Waals surface area (Å²) in [7, 11) is 2.06. The molecule has 76 valence electrons. The molecule has 0 aliphatic heterocycles. The Morgan fingerprint density at radius 2 is 1.80 bits per heavy atom. The number of allylic oxidation sites excluding steroid dienone is 1. The van der Waals surface area contributed by atoms with Crippen molar-refractivity contribution in [3.8, 4) is 11.3 Å². The van der Waals surface area contributed by atoms with Crippen LogP contribution in [0.5, 0.6) is 0 Å². The molecule has 0 amide bonds. The highest BCUT2D eigenvalue weighted by atomic mass is 14.9. The van der Waals surface area contributed by atoms with Gasteiger partial charge in [0.2, 0.25) is 0 Å². The minimum atomic E-state index is 1.11. The van der Waals surface area contributed by atoms with Crippen molar-refractivity contribution in [3.63, 3.8) is 0 Å². The normalized spacial score (nSPS) is 10.3. The molecule has 0 atom stereocenters. The molecule has 0 bridgehead atoms. The fourth-order valence-electron chi connectivity index (χ4n) is 1.69. The lowest BCUT2D eigenvalue weighted by Gasteiger charge is -2.05. The molecule has 0 saturated carbocycles. The maximum Gasteiger partial charge on any atom is 0.0477 e. The van der Waals surface area contributed by atoms with Crippen molar-refractivity contribution in [1.82, 2.24) is 4.57 Å². The van der Waals surface area contributed by atoms with Crippen molar-refractivity contribution in [2.45, 2.75) is 6.92 Å². The fraction of sp³-hybridized carbons (Fsp3) is 0.143. The molecule has 0 aliphatic carbocycles. The second-order valence-corrected chi connectivity index (χ2v) is 3.86. The van der Waals surface area contributed by atoms with Gasteiger partial charge in [0.05, 0.1) is 0 Å². The number of rotatable bonds is 2. The van der Waals surface area contributed by atoms with Gasteiger partial charge in [0.15, 0.2) is 0 Å². The van der Waals surface area contributed by atoms with Crippen molar-refractivity contribution in [1.29, 1.82) is 0 Å². The van der Waals surface area contributed by atoms with Crippen LogP contribution in [-0.2, 0) is 7.05 Å². The van der Waals surface area contributed by atoms with Gasteiger partial charge in [-0.05, 0) is 30.2 Å². The van der Waals surface area contributed by atoms with Crippen LogP contribution in [0.25, 0.3) is 16.8 Å². The molecule has 0 unspecified atom stereocenters. The van der Waals surface area contributed by atoms with E-state index >= 15 is 0 Å². The van der Waals surface area contributed by atoms with Gasteiger partial charge in [0, 0.05) is 18.9 Å². The van der Waals surface area contributed by atoms with Gasteiger partial charge in [-0.15, -0.1) is 0 Å². The van der Waals surface area contributed by atoms with E-state index in [1.165, 1.54) is 16.8 Å². The summed E-state index contributed by atoms with van der Waals surface area (Å²) in [4.78, 5) is 0. The summed E-state index contributed by atoms with van der Waals surface area (Å²) in [5, 5.41) is 0. The standard InChI is InChI=1S/C14H15N/c1-11(2)12-6-8-13(9-7-12)14-5-4-10-15(14)3/h4-10H,1H2,2-3H3. The summed E-state index contributed by atoms with van der Waals surface area (Å²) in [5.41, 5.74) is 4.79. The number of benzene rings is 1. The van der Waals surface area contributed by atoms with Crippen molar-refractivity contribution >= 4 is 5.57 Å². The Bertz CT molecular complexity index is 474. The SMILES string of the molecule is C=C(C)c1ccc(-c2cccn2C)cc1. The highest BCUT2D eigenvalue weighted by molar-refractivity contribution is 5.67. The van der Waals surface area contributed by atoms with E-state index in [-0.39, 0.29) is 0 Å². The Morgan fingerprint density at radius 1 is 1.13 bits per heavy atom. The largest absolute Gasteiger partial charge is 0.351 e. The Kier molecular flexibility index (Phi) is 2.46. The lowest BCUT2D eigenvalue weighted by Crippen LogP contribution is -1.89. The summed E-state index contributed by atoms with van der Waals surface area (Å²) < 4.78 is 2.12. The predicted molar refractivity (Wildman–Crippen MR) is 65.6 cm³/mol. The third-order valence-electron chi connectivity index (χ3n) is 2.62. The van der Waals surface area contributed by atoms with Gasteiger partial charge in [-0.2, -0.15) is 0 Å². The summed E-state index contributed by atoms with van der Waals surface area (Å²) in [6, 6.07) is 12.7. The minimum Gasteiger partial charge on any atom is -0.351 e. The Balaban J connectivity index is 2.40. The first kappa shape index (κ1) is 9.78. The smallest absolute Gasteiger partial charge is 0.0477 e. The lowest BCUT2D eigenvalue weighted by atomic mass is 10.1. The molecule has 0 aliphatic rings. The maximum absolute atomic E-state index is 3.93. The Hall–Kier alpha value is -1.76. The molecule has 0 saturated heterocycles. The van der Waals surface area contributed by atoms with Crippen molar-refractivity contribution in [3.05, 3.63) is 54.7 Å². The molecule has 1 nitrogen and oxygen atoms in total. The van der Waals surface area contributed by atoms with Gasteiger partial charge >= 0.3 is 0 Å². The molecule has 0 spiro atoms. The summed E-state index contributed by atoms with van der Waals surface area (Å²) in [6.45, 7) is 5.96. The number of aryl methyl sites for hydroxylation is 1. The summed E-state index contributed by atoms with van der Waals surface area (Å²) in [5.74, 6) is 0. The number of hydrogen-bond donors (Lipinski definition) is 0. The lowest BCUT2D eigenvalue weighted by molar-refractivity contribution is 0.937. The quantitative estimate of drug-likeness (QED) is 0.691. The first-order chi connectivity index (χ1) is 7.18. The van der Waals surface area contributed by atoms with E-state index in [4.69, 9.17) is 0 Å². The maximum atomic E-state index is 3.93. The molecule has 15 heavy (non-hydrogen) atoms. The zero-order valence-corrected chi connectivity index (χ0v) is 9.20. The zero-order valence-electron chi connectivity index (χ0n) is 9.20. The van der Waals surface area contributed by atoms with Gasteiger partial charge < -0.3 is 4.57 Å². The van der Waals surface area contributed by atoms with Crippen molar-refractivity contribution < 1.29 is 0 Å². The van der Waals surface area contributed by atoms with Crippen LogP contribution in [0.15, 0.2) is 49.2 Å². The average Bonchev–Trinajstić information content (AvgIpc) is 2.65. The van der Waals surface area contributed by atoms with Gasteiger partial charge in [0.25, 0.3) is 0 Å². The molecule has 2 aromatic rings. The van der Waals surface area contributed by atoms with Crippen LogP contribution in [0.3, 0.4) is 0 Å². The van der Waals surface area contributed by atoms with E-state index in [2.05, 4.69) is 60.8 Å². The van der Waals surface area contributed by atoms with Crippen molar-refractivity contribution in [2.75, 3.05) is 0 Å². The molecule has 1 aromatic heterocycles. The summed E-state index contributed by atoms with van der Waals surface area (Å²) >= 11 is 0. The molecule has 2 rings (SSSR count). The first-order valence-electron chi connectivity index (χ1n) is 5.06. The third kappa shape index (κ3) is 1.86. The van der Waals surface area contributed by atoms with E-state index in [1.807, 2.05) is 6.92 Å². The molecule has 1 heterocycles. The molecule has 1 aromatic carbocycles. The fourth-order valence-corrected chi connectivity index (χ4v) is 1.69. The summed E-state index contributed by atoms with van der Waals surface area (Å²) in [6.07, 6.45) is 2.06. The molecule has 0 N–H and O–H groups in total. The average molecular weight is 197 g/mol. The molecular weight excluding hydrogens is 182 g/mol. The van der Waals surface area contributed by atoms with Crippen molar-refractivity contribution in [2.24, 2.45) is 7.05 Å². The van der Waals surface area contributed by atoms with Gasteiger partial charge in [0.1, 0.15) is 0 Å². The number of aromatic nitrogens is 1. The van der Waals surface area contributed by atoms with Crippen LogP contribution in [-0.4, -0.2) is 4.57 Å². The monoisotopic (exact) mass is 197 g/mol. The van der Waals surface area contributed by atoms with Crippen LogP contribution < -0.4 is 0 Å². The van der Waals surface area contributed by atoms with E-state index in [1.54, 1.807) is 0 Å². The molecule has 0 fully saturated rings. The highest BCUT2D eigenvalue weighted by Crippen LogP contribution is 2.21. The van der Waals surface area contributed by atoms with Gasteiger partial charge in [-0.1, -0.05) is 36.4 Å². The first-order valence-corrected chi connectivity index (χ1v) is 5.06. The zero-order chi connectivity index (χ0) is 10.8. The second-order valence-electron chi connectivity index (χ2n) is 3.86. The molecule has 0 radical (unpaired) electrons. The van der Waals surface area contributed by atoms with E-state index in [0.29, 0.717) is 0 Å². The van der Waals surface area contributed by atoms with Crippen LogP contribution in [0, 0.1) is 0 Å². The molecular formula is C14H15N. The number of hydrogen-bond acceptors (Lipinski definition) is 0. The van der Waals surface area contributed by atoms with Gasteiger partial charge in [-0.25, -0.2) is 0 Å². The van der Waals surface area contributed by atoms with Gasteiger partial charge in [-0.3, -0.25) is 0 Å². The van der Waals surface area contributed by atoms with Crippen LogP contribution in [0.1, 0.15) is 12.5 Å². The minimum absolute atomic E-state index is 1.11. The highest BCUT2D eigenvalue weighted by Gasteiger charge is 2.00. The third-order valence-corrected chi connectivity index (χ3v) is 2.62. The predicted octanol–water partition coefficient (Wildman–Crippen LogP) is 3.73. The topological polar surface area (TPSA) is 4.93 Å². The van der Waals surface area contributed by atoms with E-state index < -0.39 is 0 Å². The number of nitrogens with zero attached hydrogens (tertiary/aromatic N) is 1. The Morgan fingerprint density at radius 3 is 2.27 bits per heavy atom. The van der Waals surface area contributed by atoms with Crippen LogP contribution >= 0.6 is 0 Å². The second kappa shape index (κ2) is 3.77. The van der Waals surface area contributed by atoms with Crippen LogP contribution in [0.2, 0.25) is 0 Å². The van der Waals surface area contributed by atoms with Crippen LogP contribution in [0.4, 0.5) is 0 Å². The van der Waals surface area contributed by atoms with E-state index in [9.17, 15) is 0 Å². The van der Waals surface area contributed by atoms with E-state index in [0.717, 1.165) is 5.57 Å². The molecule has 1 heteroatoms.